The third-order valence-corrected chi connectivity index (χ3v) is 2.74. The maximum Gasteiger partial charge on any atom is 0.263 e. The van der Waals surface area contributed by atoms with E-state index >= 15 is 0 Å². The number of hydrogen-bond acceptors (Lipinski definition) is 3. The van der Waals surface area contributed by atoms with Crippen LogP contribution in [0.3, 0.4) is 0 Å². The summed E-state index contributed by atoms with van der Waals surface area (Å²) < 4.78 is 20.5. The minimum atomic E-state index is -0.518. The van der Waals surface area contributed by atoms with Crippen LogP contribution in [0.5, 0.6) is 0 Å². The molecular formula is C11H10BrFN2O2. The van der Waals surface area contributed by atoms with E-state index in [2.05, 4.69) is 20.9 Å². The van der Waals surface area contributed by atoms with Crippen LogP contribution >= 0.6 is 15.9 Å². The maximum atomic E-state index is 13.5. The lowest BCUT2D eigenvalue weighted by Gasteiger charge is -2.06. The number of rotatable bonds is 3. The molecule has 0 radical (unpaired) electrons. The van der Waals surface area contributed by atoms with Crippen molar-refractivity contribution in [1.29, 1.82) is 0 Å². The summed E-state index contributed by atoms with van der Waals surface area (Å²) in [5.41, 5.74) is -0.241. The summed E-state index contributed by atoms with van der Waals surface area (Å²) in [5, 5.41) is 0.235. The molecular weight excluding hydrogens is 291 g/mol. The van der Waals surface area contributed by atoms with Gasteiger partial charge in [-0.2, -0.15) is 0 Å². The van der Waals surface area contributed by atoms with E-state index in [0.29, 0.717) is 11.1 Å². The number of fused-ring (bicyclic) bond motifs is 1. The fourth-order valence-electron chi connectivity index (χ4n) is 1.48. The Bertz CT molecular complexity index is 612. The second-order valence-corrected chi connectivity index (χ2v) is 4.34. The van der Waals surface area contributed by atoms with Crippen LogP contribution < -0.4 is 5.56 Å². The van der Waals surface area contributed by atoms with Gasteiger partial charge in [-0.05, 0) is 19.1 Å². The molecule has 0 unspecified atom stereocenters. The van der Waals surface area contributed by atoms with Crippen molar-refractivity contribution in [2.45, 2.75) is 13.7 Å². The van der Waals surface area contributed by atoms with Crippen LogP contribution in [-0.2, 0) is 11.5 Å². The highest BCUT2D eigenvalue weighted by Crippen LogP contribution is 2.18. The van der Waals surface area contributed by atoms with Crippen molar-refractivity contribution in [2.75, 3.05) is 6.61 Å². The Hall–Kier alpha value is -1.27. The minimum absolute atomic E-state index is 0.0750. The first kappa shape index (κ1) is 12.2. The van der Waals surface area contributed by atoms with Gasteiger partial charge >= 0.3 is 0 Å². The van der Waals surface area contributed by atoms with Gasteiger partial charge in [-0.25, -0.2) is 9.37 Å². The second kappa shape index (κ2) is 4.93. The Morgan fingerprint density at radius 3 is 3.00 bits per heavy atom. The summed E-state index contributed by atoms with van der Waals surface area (Å²) in [5.74, 6) is -0.518. The van der Waals surface area contributed by atoms with E-state index < -0.39 is 5.82 Å². The fourth-order valence-corrected chi connectivity index (χ4v) is 1.91. The Morgan fingerprint density at radius 1 is 1.53 bits per heavy atom. The lowest BCUT2D eigenvalue weighted by Crippen LogP contribution is -2.22. The first-order chi connectivity index (χ1) is 8.13. The summed E-state index contributed by atoms with van der Waals surface area (Å²) in [6.45, 7) is 2.44. The van der Waals surface area contributed by atoms with Crippen molar-refractivity contribution in [3.63, 3.8) is 0 Å². The molecule has 0 aliphatic rings. The van der Waals surface area contributed by atoms with Crippen LogP contribution in [0.25, 0.3) is 10.9 Å². The molecule has 0 atom stereocenters. The number of ether oxygens (including phenoxy) is 1. The van der Waals surface area contributed by atoms with E-state index in [0.717, 1.165) is 0 Å². The molecule has 0 aliphatic heterocycles. The van der Waals surface area contributed by atoms with E-state index in [1.165, 1.54) is 17.0 Å². The lowest BCUT2D eigenvalue weighted by atomic mass is 10.2. The van der Waals surface area contributed by atoms with Crippen molar-refractivity contribution >= 4 is 26.8 Å². The number of halogens is 2. The molecule has 0 amide bonds. The summed E-state index contributed by atoms with van der Waals surface area (Å²) in [6.07, 6.45) is 1.29. The first-order valence-electron chi connectivity index (χ1n) is 5.05. The molecule has 1 heterocycles. The van der Waals surface area contributed by atoms with Crippen molar-refractivity contribution in [1.82, 2.24) is 9.55 Å². The van der Waals surface area contributed by atoms with E-state index in [-0.39, 0.29) is 23.2 Å². The van der Waals surface area contributed by atoms with Crippen LogP contribution in [0.15, 0.2) is 27.7 Å². The van der Waals surface area contributed by atoms with Crippen molar-refractivity contribution in [3.8, 4) is 0 Å². The van der Waals surface area contributed by atoms with Crippen molar-refractivity contribution in [3.05, 3.63) is 39.1 Å². The normalized spacial score (nSPS) is 11.0. The average Bonchev–Trinajstić information content (AvgIpc) is 2.29. The first-order valence-corrected chi connectivity index (χ1v) is 5.84. The molecule has 0 fully saturated rings. The van der Waals surface area contributed by atoms with Crippen LogP contribution in [-0.4, -0.2) is 16.2 Å². The number of aromatic nitrogens is 2. The molecule has 4 nitrogen and oxygen atoms in total. The molecule has 0 spiro atoms. The van der Waals surface area contributed by atoms with Gasteiger partial charge in [0.05, 0.1) is 5.39 Å². The smallest absolute Gasteiger partial charge is 0.263 e. The molecule has 1 aromatic heterocycles. The zero-order valence-electron chi connectivity index (χ0n) is 9.11. The summed E-state index contributed by atoms with van der Waals surface area (Å²) in [6, 6.07) is 2.83. The minimum Gasteiger partial charge on any atom is -0.361 e. The molecule has 90 valence electrons. The predicted molar refractivity (Wildman–Crippen MR) is 65.3 cm³/mol. The van der Waals surface area contributed by atoms with Crippen molar-refractivity contribution < 1.29 is 9.13 Å². The van der Waals surface area contributed by atoms with Gasteiger partial charge in [0.25, 0.3) is 5.56 Å². The highest BCUT2D eigenvalue weighted by Gasteiger charge is 2.09. The molecule has 0 bridgehead atoms. The summed E-state index contributed by atoms with van der Waals surface area (Å²) >= 11 is 3.15. The van der Waals surface area contributed by atoms with Gasteiger partial charge in [-0.3, -0.25) is 9.36 Å². The number of benzene rings is 1. The standard InChI is InChI=1S/C11H10BrFN2O2/c1-2-17-6-15-5-14-10-8(11(15)16)3-7(12)4-9(10)13/h3-5H,2,6H2,1H3. The van der Waals surface area contributed by atoms with Crippen LogP contribution in [0.1, 0.15) is 6.92 Å². The third-order valence-electron chi connectivity index (χ3n) is 2.28. The zero-order valence-corrected chi connectivity index (χ0v) is 10.7. The predicted octanol–water partition coefficient (Wildman–Crippen LogP) is 2.29. The SMILES string of the molecule is CCOCn1cnc2c(F)cc(Br)cc2c1=O. The van der Waals surface area contributed by atoms with Gasteiger partial charge < -0.3 is 4.74 Å². The van der Waals surface area contributed by atoms with Gasteiger partial charge in [0.1, 0.15) is 18.6 Å². The van der Waals surface area contributed by atoms with Crippen LogP contribution in [0, 0.1) is 5.82 Å². The summed E-state index contributed by atoms with van der Waals surface area (Å²) in [7, 11) is 0. The summed E-state index contributed by atoms with van der Waals surface area (Å²) in [4.78, 5) is 15.9. The van der Waals surface area contributed by atoms with Gasteiger partial charge in [-0.1, -0.05) is 15.9 Å². The average molecular weight is 301 g/mol. The van der Waals surface area contributed by atoms with E-state index in [9.17, 15) is 9.18 Å². The highest BCUT2D eigenvalue weighted by molar-refractivity contribution is 9.10. The van der Waals surface area contributed by atoms with Crippen LogP contribution in [0.4, 0.5) is 4.39 Å². The lowest BCUT2D eigenvalue weighted by molar-refractivity contribution is 0.0850. The monoisotopic (exact) mass is 300 g/mol. The van der Waals surface area contributed by atoms with Gasteiger partial charge in [-0.15, -0.1) is 0 Å². The van der Waals surface area contributed by atoms with Crippen molar-refractivity contribution in [2.24, 2.45) is 0 Å². The molecule has 0 aliphatic carbocycles. The Kier molecular flexibility index (Phi) is 3.54. The van der Waals surface area contributed by atoms with E-state index in [1.807, 2.05) is 6.92 Å². The molecule has 0 saturated carbocycles. The van der Waals surface area contributed by atoms with Gasteiger partial charge in [0.2, 0.25) is 0 Å². The molecule has 6 heteroatoms. The second-order valence-electron chi connectivity index (χ2n) is 3.43. The van der Waals surface area contributed by atoms with Gasteiger partial charge in [0.15, 0.2) is 5.82 Å². The zero-order chi connectivity index (χ0) is 12.4. The molecule has 17 heavy (non-hydrogen) atoms. The maximum absolute atomic E-state index is 13.5. The van der Waals surface area contributed by atoms with Crippen LogP contribution in [0.2, 0.25) is 0 Å². The van der Waals surface area contributed by atoms with Gasteiger partial charge in [0, 0.05) is 11.1 Å². The largest absolute Gasteiger partial charge is 0.361 e. The molecule has 2 aromatic rings. The fraction of sp³-hybridized carbons (Fsp3) is 0.273. The Balaban J connectivity index is 2.62. The highest BCUT2D eigenvalue weighted by atomic mass is 79.9. The molecule has 1 aromatic carbocycles. The number of nitrogens with zero attached hydrogens (tertiary/aromatic N) is 2. The Morgan fingerprint density at radius 2 is 2.29 bits per heavy atom. The molecule has 0 saturated heterocycles. The third kappa shape index (κ3) is 2.37. The molecule has 0 N–H and O–H groups in total. The number of hydrogen-bond donors (Lipinski definition) is 0. The quantitative estimate of drug-likeness (QED) is 0.873. The Labute approximate surface area is 105 Å². The molecule has 2 rings (SSSR count). The van der Waals surface area contributed by atoms with E-state index in [4.69, 9.17) is 4.74 Å². The van der Waals surface area contributed by atoms with E-state index in [1.54, 1.807) is 6.07 Å². The topological polar surface area (TPSA) is 44.1 Å².